The van der Waals surface area contributed by atoms with Crippen molar-refractivity contribution < 1.29 is 22.7 Å². The smallest absolute Gasteiger partial charge is 0.417 e. The van der Waals surface area contributed by atoms with Gasteiger partial charge in [0.25, 0.3) is 0 Å². The van der Waals surface area contributed by atoms with Crippen LogP contribution in [0.25, 0.3) is 0 Å². The second-order valence-electron chi connectivity index (χ2n) is 7.56. The lowest BCUT2D eigenvalue weighted by atomic mass is 9.85. The van der Waals surface area contributed by atoms with Crippen molar-refractivity contribution in [1.29, 1.82) is 0 Å². The molecule has 2 aliphatic heterocycles. The number of ether oxygens (including phenoxy) is 1. The van der Waals surface area contributed by atoms with Gasteiger partial charge in [-0.1, -0.05) is 0 Å². The maximum Gasteiger partial charge on any atom is 0.417 e. The molecule has 7 heteroatoms. The van der Waals surface area contributed by atoms with Gasteiger partial charge in [-0.25, -0.2) is 4.98 Å². The number of aromatic nitrogens is 1. The zero-order chi connectivity index (χ0) is 17.9. The Morgan fingerprint density at radius 2 is 2.12 bits per heavy atom. The van der Waals surface area contributed by atoms with Gasteiger partial charge in [0, 0.05) is 18.7 Å². The van der Waals surface area contributed by atoms with E-state index < -0.39 is 11.7 Å². The molecule has 3 aliphatic rings. The molecule has 3 atom stereocenters. The van der Waals surface area contributed by atoms with Gasteiger partial charge >= 0.3 is 6.18 Å². The predicted octanol–water partition coefficient (Wildman–Crippen LogP) is 4.33. The van der Waals surface area contributed by atoms with E-state index in [1.807, 2.05) is 5.06 Å². The summed E-state index contributed by atoms with van der Waals surface area (Å²) in [5.41, 5.74) is -1.11. The maximum atomic E-state index is 12.7. The highest BCUT2D eigenvalue weighted by molar-refractivity contribution is 5.26. The van der Waals surface area contributed by atoms with Gasteiger partial charge in [-0.15, -0.1) is 5.06 Å². The summed E-state index contributed by atoms with van der Waals surface area (Å²) < 4.78 is 43.7. The largest absolute Gasteiger partial charge is 0.501 e. The minimum Gasteiger partial charge on any atom is -0.501 e. The molecule has 1 aliphatic carbocycles. The van der Waals surface area contributed by atoms with Gasteiger partial charge in [-0.05, 0) is 50.7 Å². The predicted molar refractivity (Wildman–Crippen MR) is 84.5 cm³/mol. The molecule has 1 spiro atoms. The van der Waals surface area contributed by atoms with Gasteiger partial charge in [-0.2, -0.15) is 13.2 Å². The third-order valence-corrected chi connectivity index (χ3v) is 5.89. The number of piperidine rings is 1. The molecule has 0 radical (unpaired) electrons. The van der Waals surface area contributed by atoms with Gasteiger partial charge in [0.15, 0.2) is 0 Å². The Morgan fingerprint density at radius 3 is 2.76 bits per heavy atom. The summed E-state index contributed by atoms with van der Waals surface area (Å²) in [6, 6.07) is 2.31. The van der Waals surface area contributed by atoms with Crippen molar-refractivity contribution in [2.45, 2.75) is 56.3 Å². The summed E-state index contributed by atoms with van der Waals surface area (Å²) in [5, 5.41) is 2.01. The van der Waals surface area contributed by atoms with E-state index in [4.69, 9.17) is 9.57 Å². The molecule has 0 amide bonds. The topological polar surface area (TPSA) is 34.6 Å². The van der Waals surface area contributed by atoms with Crippen LogP contribution in [-0.4, -0.2) is 28.2 Å². The summed E-state index contributed by atoms with van der Waals surface area (Å²) in [6.07, 6.45) is 3.24. The Morgan fingerprint density at radius 1 is 1.32 bits per heavy atom. The fourth-order valence-corrected chi connectivity index (χ4v) is 4.34. The molecule has 4 rings (SSSR count). The van der Waals surface area contributed by atoms with Crippen molar-refractivity contribution in [2.24, 2.45) is 5.92 Å². The summed E-state index contributed by atoms with van der Waals surface area (Å²) in [6.45, 7) is 2.14. The molecule has 3 heterocycles. The number of nitrogens with zero attached hydrogens (tertiary/aromatic N) is 2. The van der Waals surface area contributed by atoms with E-state index >= 15 is 0 Å². The van der Waals surface area contributed by atoms with Crippen LogP contribution in [0.15, 0.2) is 30.2 Å². The lowest BCUT2D eigenvalue weighted by Crippen LogP contribution is -2.57. The third-order valence-electron chi connectivity index (χ3n) is 5.89. The fraction of sp³-hybridized carbons (Fsp3) is 0.611. The Labute approximate surface area is 144 Å². The number of alkyl halides is 3. The minimum absolute atomic E-state index is 0.129. The fourth-order valence-electron chi connectivity index (χ4n) is 4.34. The van der Waals surface area contributed by atoms with Crippen molar-refractivity contribution in [1.82, 2.24) is 10.0 Å². The molecule has 136 valence electrons. The van der Waals surface area contributed by atoms with Crippen molar-refractivity contribution in [3.63, 3.8) is 0 Å². The second-order valence-corrected chi connectivity index (χ2v) is 7.56. The first-order chi connectivity index (χ1) is 11.8. The molecule has 1 aromatic heterocycles. The Bertz CT molecular complexity index is 703. The first-order valence-corrected chi connectivity index (χ1v) is 8.51. The highest BCUT2D eigenvalue weighted by Crippen LogP contribution is 2.63. The van der Waals surface area contributed by atoms with E-state index in [0.717, 1.165) is 50.1 Å². The van der Waals surface area contributed by atoms with Crippen molar-refractivity contribution in [2.75, 3.05) is 7.11 Å². The zero-order valence-corrected chi connectivity index (χ0v) is 14.3. The van der Waals surface area contributed by atoms with Crippen LogP contribution in [0.1, 0.15) is 44.6 Å². The van der Waals surface area contributed by atoms with E-state index in [2.05, 4.69) is 18.0 Å². The maximum absolute atomic E-state index is 12.7. The minimum atomic E-state index is -4.39. The number of pyridine rings is 1. The molecule has 25 heavy (non-hydrogen) atoms. The first kappa shape index (κ1) is 16.7. The van der Waals surface area contributed by atoms with E-state index in [1.54, 1.807) is 7.11 Å². The molecule has 1 saturated heterocycles. The van der Waals surface area contributed by atoms with E-state index in [1.165, 1.54) is 6.07 Å². The molecule has 1 saturated carbocycles. The van der Waals surface area contributed by atoms with Crippen LogP contribution in [0.5, 0.6) is 5.88 Å². The van der Waals surface area contributed by atoms with Crippen LogP contribution in [0.3, 0.4) is 0 Å². The SMILES string of the molecule is COC1=CCC2(C)CCC3CC3(C1)N2Oc1ccc(C(F)(F)F)cn1. The molecule has 0 aromatic carbocycles. The molecule has 0 N–H and O–H groups in total. The number of hydrogen-bond acceptors (Lipinski definition) is 4. The van der Waals surface area contributed by atoms with E-state index in [0.29, 0.717) is 5.92 Å². The number of methoxy groups -OCH3 is 1. The first-order valence-electron chi connectivity index (χ1n) is 8.51. The molecule has 4 nitrogen and oxygen atoms in total. The summed E-state index contributed by atoms with van der Waals surface area (Å²) in [5.74, 6) is 1.70. The molecule has 1 aromatic rings. The van der Waals surface area contributed by atoms with E-state index in [-0.39, 0.29) is 17.0 Å². The summed E-state index contributed by atoms with van der Waals surface area (Å²) in [4.78, 5) is 9.96. The molecular weight excluding hydrogens is 333 g/mol. The van der Waals surface area contributed by atoms with Gasteiger partial charge in [-0.3, -0.25) is 0 Å². The van der Waals surface area contributed by atoms with Crippen LogP contribution in [0.2, 0.25) is 0 Å². The summed E-state index contributed by atoms with van der Waals surface area (Å²) >= 11 is 0. The Balaban J connectivity index is 1.61. The number of fused-ring (bicyclic) bond motifs is 1. The summed E-state index contributed by atoms with van der Waals surface area (Å²) in [7, 11) is 1.68. The average molecular weight is 354 g/mol. The third kappa shape index (κ3) is 2.69. The molecule has 3 unspecified atom stereocenters. The molecule has 2 bridgehead atoms. The lowest BCUT2D eigenvalue weighted by Gasteiger charge is -2.46. The second kappa shape index (κ2) is 5.37. The number of hydroxylamine groups is 2. The van der Waals surface area contributed by atoms with E-state index in [9.17, 15) is 13.2 Å². The Kier molecular flexibility index (Phi) is 3.58. The standard InChI is InChI=1S/C18H21F3N2O2/c1-16-7-5-12-9-17(12,10-14(24-2)6-8-16)23(16)25-15-4-3-13(11-22-15)18(19,20)21/h3-4,6,11-12H,5,7-10H2,1-2H3. The van der Waals surface area contributed by atoms with Crippen LogP contribution >= 0.6 is 0 Å². The zero-order valence-electron chi connectivity index (χ0n) is 14.3. The highest BCUT2D eigenvalue weighted by Gasteiger charge is 2.67. The van der Waals surface area contributed by atoms with Crippen LogP contribution in [0, 0.1) is 5.92 Å². The molecule has 2 fully saturated rings. The normalized spacial score (nSPS) is 34.6. The Hall–Kier alpha value is -1.76. The highest BCUT2D eigenvalue weighted by atomic mass is 19.4. The molecular formula is C18H21F3N2O2. The van der Waals surface area contributed by atoms with Gasteiger partial charge in [0.2, 0.25) is 5.88 Å². The quantitative estimate of drug-likeness (QED) is 0.809. The number of rotatable bonds is 3. The van der Waals surface area contributed by atoms with Gasteiger partial charge in [0.05, 0.1) is 29.5 Å². The lowest BCUT2D eigenvalue weighted by molar-refractivity contribution is -0.201. The van der Waals surface area contributed by atoms with Crippen LogP contribution < -0.4 is 4.84 Å². The van der Waals surface area contributed by atoms with Crippen molar-refractivity contribution in [3.05, 3.63) is 35.7 Å². The van der Waals surface area contributed by atoms with Crippen molar-refractivity contribution in [3.8, 4) is 5.88 Å². The van der Waals surface area contributed by atoms with Crippen LogP contribution in [0.4, 0.5) is 13.2 Å². The average Bonchev–Trinajstić information content (AvgIpc) is 3.29. The monoisotopic (exact) mass is 354 g/mol. The van der Waals surface area contributed by atoms with Gasteiger partial charge < -0.3 is 9.57 Å². The van der Waals surface area contributed by atoms with Crippen molar-refractivity contribution >= 4 is 0 Å². The number of halogens is 3. The van der Waals surface area contributed by atoms with Crippen LogP contribution in [-0.2, 0) is 10.9 Å². The number of hydrogen-bond donors (Lipinski definition) is 0. The van der Waals surface area contributed by atoms with Gasteiger partial charge in [0.1, 0.15) is 0 Å².